The van der Waals surface area contributed by atoms with Crippen LogP contribution in [0.3, 0.4) is 0 Å². The molecule has 0 saturated carbocycles. The molecule has 0 heterocycles. The number of hydrogen-bond acceptors (Lipinski definition) is 7. The minimum atomic E-state index is -3.63. The van der Waals surface area contributed by atoms with E-state index in [4.69, 9.17) is 14.8 Å². The Morgan fingerprint density at radius 3 is 2.09 bits per heavy atom. The van der Waals surface area contributed by atoms with E-state index in [9.17, 15) is 22.6 Å². The van der Waals surface area contributed by atoms with Crippen molar-refractivity contribution in [1.82, 2.24) is 5.32 Å². The second-order valence-corrected chi connectivity index (χ2v) is 11.3. The molecule has 0 bridgehead atoms. The van der Waals surface area contributed by atoms with Crippen LogP contribution in [0.25, 0.3) is 0 Å². The van der Waals surface area contributed by atoms with Gasteiger partial charge in [-0.2, -0.15) is 0 Å². The molecule has 2 aromatic carbocycles. The summed E-state index contributed by atoms with van der Waals surface area (Å²) in [5.74, 6) is -1.77. The Morgan fingerprint density at radius 2 is 1.58 bits per heavy atom. The van der Waals surface area contributed by atoms with Crippen LogP contribution < -0.4 is 11.1 Å². The number of sulfone groups is 1. The van der Waals surface area contributed by atoms with E-state index in [0.717, 1.165) is 0 Å². The molecular formula is C22H29N2O7PS. The lowest BCUT2D eigenvalue weighted by atomic mass is 10.1. The van der Waals surface area contributed by atoms with Gasteiger partial charge in [0.1, 0.15) is 6.04 Å². The van der Waals surface area contributed by atoms with Gasteiger partial charge < -0.3 is 20.1 Å². The number of nitrogens with one attached hydrogen (secondary N) is 1. The molecule has 2 rings (SSSR count). The third kappa shape index (κ3) is 8.08. The van der Waals surface area contributed by atoms with Gasteiger partial charge in [0.15, 0.2) is 9.84 Å². The topological polar surface area (TPSA) is 142 Å². The van der Waals surface area contributed by atoms with Gasteiger partial charge in [-0.25, -0.2) is 8.42 Å². The van der Waals surface area contributed by atoms with Crippen molar-refractivity contribution in [3.63, 3.8) is 0 Å². The van der Waals surface area contributed by atoms with E-state index in [-0.39, 0.29) is 42.0 Å². The number of carbonyl (C=O) groups is 2. The normalized spacial score (nSPS) is 12.8. The van der Waals surface area contributed by atoms with Crippen molar-refractivity contribution in [3.05, 3.63) is 65.7 Å². The van der Waals surface area contributed by atoms with Crippen LogP contribution in [0.5, 0.6) is 0 Å². The van der Waals surface area contributed by atoms with E-state index in [0.29, 0.717) is 5.56 Å². The predicted octanol–water partition coefficient (Wildman–Crippen LogP) is 2.90. The summed E-state index contributed by atoms with van der Waals surface area (Å²) in [6, 6.07) is 12.9. The smallest absolute Gasteiger partial charge is 0.335 e. The molecule has 0 radical (unpaired) electrons. The van der Waals surface area contributed by atoms with Crippen molar-refractivity contribution in [2.24, 2.45) is 5.73 Å². The Labute approximate surface area is 194 Å². The molecule has 1 atom stereocenters. The first-order valence-corrected chi connectivity index (χ1v) is 13.8. The number of primary amides is 1. The average molecular weight is 497 g/mol. The molecule has 0 aliphatic rings. The maximum Gasteiger partial charge on any atom is 0.335 e. The second kappa shape index (κ2) is 12.1. The van der Waals surface area contributed by atoms with Crippen LogP contribution in [-0.2, 0) is 34.4 Å². The molecule has 2 amide bonds. The zero-order valence-electron chi connectivity index (χ0n) is 18.6. The highest BCUT2D eigenvalue weighted by Crippen LogP contribution is 2.51. The SMILES string of the molecule is CCOP(=O)(Cc1ccc(C(=O)N[C@H](CCS(=O)(=O)c2ccccc2)C(N)=O)cc1)OCC. The van der Waals surface area contributed by atoms with Gasteiger partial charge in [-0.3, -0.25) is 14.2 Å². The Kier molecular flexibility index (Phi) is 9.79. The van der Waals surface area contributed by atoms with Crippen LogP contribution >= 0.6 is 7.60 Å². The van der Waals surface area contributed by atoms with Crippen LogP contribution in [-0.4, -0.2) is 45.2 Å². The fourth-order valence-corrected chi connectivity index (χ4v) is 6.11. The highest BCUT2D eigenvalue weighted by molar-refractivity contribution is 7.91. The summed E-state index contributed by atoms with van der Waals surface area (Å²) in [6.45, 7) is 3.93. The Bertz CT molecular complexity index is 1080. The molecule has 0 fully saturated rings. The maximum absolute atomic E-state index is 12.7. The molecule has 33 heavy (non-hydrogen) atoms. The Morgan fingerprint density at radius 1 is 1.00 bits per heavy atom. The van der Waals surface area contributed by atoms with Gasteiger partial charge in [0.25, 0.3) is 5.91 Å². The maximum atomic E-state index is 12.7. The summed E-state index contributed by atoms with van der Waals surface area (Å²) >= 11 is 0. The zero-order chi connectivity index (χ0) is 24.5. The van der Waals surface area contributed by atoms with E-state index in [1.165, 1.54) is 24.3 Å². The first-order valence-electron chi connectivity index (χ1n) is 10.4. The molecule has 2 aromatic rings. The van der Waals surface area contributed by atoms with Gasteiger partial charge >= 0.3 is 7.60 Å². The van der Waals surface area contributed by atoms with Gasteiger partial charge in [0.05, 0.1) is 30.0 Å². The summed E-state index contributed by atoms with van der Waals surface area (Å²) < 4.78 is 48.1. The van der Waals surface area contributed by atoms with Crippen molar-refractivity contribution in [1.29, 1.82) is 0 Å². The van der Waals surface area contributed by atoms with E-state index >= 15 is 0 Å². The molecule has 11 heteroatoms. The number of benzene rings is 2. The molecule has 0 aliphatic heterocycles. The number of carbonyl (C=O) groups excluding carboxylic acids is 2. The summed E-state index contributed by atoms with van der Waals surface area (Å²) in [7, 11) is -6.92. The second-order valence-electron chi connectivity index (χ2n) is 7.15. The van der Waals surface area contributed by atoms with E-state index in [1.54, 1.807) is 44.2 Å². The van der Waals surface area contributed by atoms with E-state index in [1.807, 2.05) is 0 Å². The first kappa shape index (κ1) is 26.7. The van der Waals surface area contributed by atoms with E-state index in [2.05, 4.69) is 5.32 Å². The molecule has 3 N–H and O–H groups in total. The predicted molar refractivity (Wildman–Crippen MR) is 125 cm³/mol. The van der Waals surface area contributed by atoms with Crippen LogP contribution in [0.4, 0.5) is 0 Å². The van der Waals surface area contributed by atoms with Crippen molar-refractivity contribution in [3.8, 4) is 0 Å². The minimum absolute atomic E-state index is 0.0534. The summed E-state index contributed by atoms with van der Waals surface area (Å²) in [6.07, 6.45) is -0.111. The van der Waals surface area contributed by atoms with Gasteiger partial charge in [-0.15, -0.1) is 0 Å². The molecule has 9 nitrogen and oxygen atoms in total. The fraction of sp³-hybridized carbons (Fsp3) is 0.364. The summed E-state index contributed by atoms with van der Waals surface area (Å²) in [4.78, 5) is 24.5. The molecule has 180 valence electrons. The summed E-state index contributed by atoms with van der Waals surface area (Å²) in [5.41, 5.74) is 6.26. The molecule has 0 unspecified atom stereocenters. The quantitative estimate of drug-likeness (QED) is 0.406. The monoisotopic (exact) mass is 496 g/mol. The van der Waals surface area contributed by atoms with Gasteiger partial charge in [-0.05, 0) is 50.1 Å². The third-order valence-corrected chi connectivity index (χ3v) is 8.49. The lowest BCUT2D eigenvalue weighted by Gasteiger charge is -2.17. The number of hydrogen-bond donors (Lipinski definition) is 2. The number of rotatable bonds is 13. The van der Waals surface area contributed by atoms with Gasteiger partial charge in [0, 0.05) is 5.56 Å². The lowest BCUT2D eigenvalue weighted by molar-refractivity contribution is -0.119. The fourth-order valence-electron chi connectivity index (χ4n) is 3.05. The average Bonchev–Trinajstić information content (AvgIpc) is 2.77. The van der Waals surface area contributed by atoms with Crippen LogP contribution in [0, 0.1) is 0 Å². The van der Waals surface area contributed by atoms with Crippen molar-refractivity contribution < 1.29 is 31.6 Å². The third-order valence-electron chi connectivity index (χ3n) is 4.67. The minimum Gasteiger partial charge on any atom is -0.368 e. The van der Waals surface area contributed by atoms with Crippen LogP contribution in [0.15, 0.2) is 59.5 Å². The van der Waals surface area contributed by atoms with Crippen molar-refractivity contribution >= 4 is 29.2 Å². The molecule has 0 saturated heterocycles. The Hall–Kier alpha value is -2.52. The molecule has 0 aromatic heterocycles. The standard InChI is InChI=1S/C22H29N2O7PS/c1-3-30-32(27,31-4-2)16-17-10-12-18(13-11-17)22(26)24-20(21(23)25)14-15-33(28,29)19-8-6-5-7-9-19/h5-13,20H,3-4,14-16H2,1-2H3,(H2,23,25)(H,24,26)/t20-/m1/s1. The molecular weight excluding hydrogens is 467 g/mol. The highest BCUT2D eigenvalue weighted by Gasteiger charge is 2.25. The molecule has 0 aliphatic carbocycles. The zero-order valence-corrected chi connectivity index (χ0v) is 20.3. The van der Waals surface area contributed by atoms with Crippen molar-refractivity contribution in [2.75, 3.05) is 19.0 Å². The highest BCUT2D eigenvalue weighted by atomic mass is 32.2. The number of nitrogens with two attached hydrogens (primary N) is 1. The van der Waals surface area contributed by atoms with E-state index < -0.39 is 35.3 Å². The number of amides is 2. The van der Waals surface area contributed by atoms with Gasteiger partial charge in [0.2, 0.25) is 5.91 Å². The Balaban J connectivity index is 2.04. The van der Waals surface area contributed by atoms with Crippen molar-refractivity contribution in [2.45, 2.75) is 37.4 Å². The summed E-state index contributed by atoms with van der Waals surface area (Å²) in [5, 5.41) is 2.48. The lowest BCUT2D eigenvalue weighted by Crippen LogP contribution is -2.45. The van der Waals surface area contributed by atoms with Crippen LogP contribution in [0.1, 0.15) is 36.2 Å². The largest absolute Gasteiger partial charge is 0.368 e. The van der Waals surface area contributed by atoms with Gasteiger partial charge in [-0.1, -0.05) is 30.3 Å². The van der Waals surface area contributed by atoms with Crippen LogP contribution in [0.2, 0.25) is 0 Å². The first-order chi connectivity index (χ1) is 15.6. The molecule has 0 spiro atoms.